The molecule has 1 saturated carbocycles. The number of carbonyl (C=O) groups is 1. The molecule has 9 heteroatoms. The number of methoxy groups -OCH3 is 1. The molecule has 0 aliphatic heterocycles. The van der Waals surface area contributed by atoms with Crippen LogP contribution in [0.25, 0.3) is 11.1 Å². The monoisotopic (exact) mass is 435 g/mol. The number of aromatic nitrogens is 3. The molecule has 1 aliphatic carbocycles. The number of anilines is 1. The summed E-state index contributed by atoms with van der Waals surface area (Å²) in [5.41, 5.74) is 1.76. The Labute approximate surface area is 181 Å². The minimum atomic E-state index is -0.401. The molecule has 30 heavy (non-hydrogen) atoms. The first kappa shape index (κ1) is 19.8. The molecule has 148 valence electrons. The fourth-order valence-corrected chi connectivity index (χ4v) is 3.46. The molecule has 3 aromatic rings. The van der Waals surface area contributed by atoms with Crippen LogP contribution in [-0.4, -0.2) is 28.2 Å². The number of nitrogens with zero attached hydrogens (tertiary/aromatic N) is 4. The van der Waals surface area contributed by atoms with Gasteiger partial charge in [-0.2, -0.15) is 5.26 Å². The van der Waals surface area contributed by atoms with Crippen molar-refractivity contribution in [3.63, 3.8) is 0 Å². The Bertz CT molecular complexity index is 1230. The molecule has 2 aromatic heterocycles. The molecule has 1 fully saturated rings. The van der Waals surface area contributed by atoms with Crippen molar-refractivity contribution in [2.24, 2.45) is 5.92 Å². The Hall–Kier alpha value is -3.46. The van der Waals surface area contributed by atoms with Gasteiger partial charge in [-0.1, -0.05) is 28.9 Å². The molecular formula is C21H14ClN5O2S. The van der Waals surface area contributed by atoms with Crippen LogP contribution in [0.15, 0.2) is 30.5 Å². The largest absolute Gasteiger partial charge is 0.494 e. The number of hydrogen-bond acceptors (Lipinski definition) is 7. The van der Waals surface area contributed by atoms with E-state index in [4.69, 9.17) is 16.3 Å². The summed E-state index contributed by atoms with van der Waals surface area (Å²) in [4.78, 5) is 17.0. The molecule has 1 aromatic carbocycles. The van der Waals surface area contributed by atoms with Gasteiger partial charge in [-0.3, -0.25) is 10.1 Å². The standard InChI is InChI=1S/C21H14ClN5O2S/c1-29-17-11-24-18(22)9-16(17)15-8-13(10-23)4-6-14(15)20(28)25-21-27-26-19(30-21)7-5-12-2-3-12/h4,6,8-9,11-12H,2-3H2,1H3,(H,25,27,28). The van der Waals surface area contributed by atoms with Crippen LogP contribution in [0, 0.1) is 29.1 Å². The van der Waals surface area contributed by atoms with E-state index in [0.717, 1.165) is 12.8 Å². The normalized spacial score (nSPS) is 12.4. The molecule has 1 N–H and O–H groups in total. The van der Waals surface area contributed by atoms with Gasteiger partial charge in [-0.25, -0.2) is 4.98 Å². The second kappa shape index (κ2) is 8.50. The number of benzene rings is 1. The number of ether oxygens (including phenoxy) is 1. The van der Waals surface area contributed by atoms with Gasteiger partial charge >= 0.3 is 0 Å². The molecule has 4 rings (SSSR count). The summed E-state index contributed by atoms with van der Waals surface area (Å²) in [5, 5.41) is 21.2. The number of rotatable bonds is 4. The number of amides is 1. The van der Waals surface area contributed by atoms with Crippen molar-refractivity contribution in [3.8, 4) is 34.8 Å². The summed E-state index contributed by atoms with van der Waals surface area (Å²) in [6.07, 6.45) is 3.71. The maximum atomic E-state index is 13.0. The minimum Gasteiger partial charge on any atom is -0.494 e. The van der Waals surface area contributed by atoms with Gasteiger partial charge in [0.1, 0.15) is 10.9 Å². The fourth-order valence-electron chi connectivity index (χ4n) is 2.71. The van der Waals surface area contributed by atoms with Gasteiger partial charge in [0.05, 0.1) is 24.9 Å². The summed E-state index contributed by atoms with van der Waals surface area (Å²) in [7, 11) is 1.49. The molecule has 0 saturated heterocycles. The van der Waals surface area contributed by atoms with E-state index in [1.54, 1.807) is 24.3 Å². The molecule has 1 amide bonds. The number of carbonyl (C=O) groups excluding carboxylic acids is 1. The molecule has 0 spiro atoms. The Kier molecular flexibility index (Phi) is 5.62. The highest BCUT2D eigenvalue weighted by Crippen LogP contribution is 2.34. The van der Waals surface area contributed by atoms with E-state index < -0.39 is 5.91 Å². The van der Waals surface area contributed by atoms with Gasteiger partial charge in [0.2, 0.25) is 5.13 Å². The zero-order chi connectivity index (χ0) is 21.1. The van der Waals surface area contributed by atoms with Crippen LogP contribution in [0.1, 0.15) is 33.8 Å². The summed E-state index contributed by atoms with van der Waals surface area (Å²) >= 11 is 7.27. The molecule has 0 unspecified atom stereocenters. The predicted molar refractivity (Wildman–Crippen MR) is 113 cm³/mol. The summed E-state index contributed by atoms with van der Waals surface area (Å²) in [6, 6.07) is 8.42. The van der Waals surface area contributed by atoms with E-state index in [9.17, 15) is 10.1 Å². The van der Waals surface area contributed by atoms with Crippen LogP contribution in [0.3, 0.4) is 0 Å². The fraction of sp³-hybridized carbons (Fsp3) is 0.190. The summed E-state index contributed by atoms with van der Waals surface area (Å²) in [5.74, 6) is 6.58. The van der Waals surface area contributed by atoms with Crippen molar-refractivity contribution >= 4 is 34.0 Å². The highest BCUT2D eigenvalue weighted by atomic mass is 35.5. The first-order valence-corrected chi connectivity index (χ1v) is 10.2. The van der Waals surface area contributed by atoms with Gasteiger partial charge < -0.3 is 4.74 Å². The number of halogens is 1. The van der Waals surface area contributed by atoms with Crippen molar-refractivity contribution in [1.29, 1.82) is 5.26 Å². The summed E-state index contributed by atoms with van der Waals surface area (Å²) < 4.78 is 5.36. The lowest BCUT2D eigenvalue weighted by Crippen LogP contribution is -2.13. The Morgan fingerprint density at radius 3 is 2.87 bits per heavy atom. The highest BCUT2D eigenvalue weighted by Gasteiger charge is 2.20. The van der Waals surface area contributed by atoms with Crippen LogP contribution in [0.2, 0.25) is 5.15 Å². The molecule has 0 bridgehead atoms. The van der Waals surface area contributed by atoms with E-state index in [1.165, 1.54) is 24.6 Å². The first-order valence-electron chi connectivity index (χ1n) is 8.98. The topological polar surface area (TPSA) is 101 Å². The average Bonchev–Trinajstić information content (AvgIpc) is 3.49. The molecule has 2 heterocycles. The van der Waals surface area contributed by atoms with Crippen molar-refractivity contribution in [3.05, 3.63) is 51.7 Å². The van der Waals surface area contributed by atoms with Crippen LogP contribution in [-0.2, 0) is 0 Å². The summed E-state index contributed by atoms with van der Waals surface area (Å²) in [6.45, 7) is 0. The predicted octanol–water partition coefficient (Wildman–Crippen LogP) is 4.15. The Morgan fingerprint density at radius 1 is 1.30 bits per heavy atom. The first-order chi connectivity index (χ1) is 14.6. The second-order valence-electron chi connectivity index (χ2n) is 6.49. The Morgan fingerprint density at radius 2 is 2.13 bits per heavy atom. The maximum absolute atomic E-state index is 13.0. The molecule has 0 atom stereocenters. The number of nitrogens with one attached hydrogen (secondary N) is 1. The van der Waals surface area contributed by atoms with Gasteiger partial charge in [0.15, 0.2) is 5.01 Å². The van der Waals surface area contributed by atoms with Gasteiger partial charge in [0, 0.05) is 17.0 Å². The minimum absolute atomic E-state index is 0.238. The SMILES string of the molecule is COc1cnc(Cl)cc1-c1cc(C#N)ccc1C(=O)Nc1nnc(C#CC2CC2)s1. The van der Waals surface area contributed by atoms with Crippen molar-refractivity contribution < 1.29 is 9.53 Å². The van der Waals surface area contributed by atoms with E-state index in [-0.39, 0.29) is 5.15 Å². The molecular weight excluding hydrogens is 422 g/mol. The molecule has 7 nitrogen and oxygen atoms in total. The van der Waals surface area contributed by atoms with E-state index in [0.29, 0.717) is 44.1 Å². The zero-order valence-electron chi connectivity index (χ0n) is 15.8. The van der Waals surface area contributed by atoms with Crippen molar-refractivity contribution in [1.82, 2.24) is 15.2 Å². The lowest BCUT2D eigenvalue weighted by molar-refractivity contribution is 0.102. The number of hydrogen-bond donors (Lipinski definition) is 1. The Balaban J connectivity index is 1.67. The second-order valence-corrected chi connectivity index (χ2v) is 7.85. The smallest absolute Gasteiger partial charge is 0.258 e. The third-order valence-electron chi connectivity index (χ3n) is 4.34. The van der Waals surface area contributed by atoms with Crippen LogP contribution < -0.4 is 10.1 Å². The quantitative estimate of drug-likeness (QED) is 0.488. The van der Waals surface area contributed by atoms with Crippen molar-refractivity contribution in [2.45, 2.75) is 12.8 Å². The van der Waals surface area contributed by atoms with Gasteiger partial charge in [-0.05, 0) is 48.6 Å². The molecule has 1 aliphatic rings. The van der Waals surface area contributed by atoms with E-state index >= 15 is 0 Å². The lowest BCUT2D eigenvalue weighted by atomic mass is 9.97. The third-order valence-corrected chi connectivity index (χ3v) is 5.30. The van der Waals surface area contributed by atoms with E-state index in [1.807, 2.05) is 0 Å². The van der Waals surface area contributed by atoms with Gasteiger partial charge in [-0.15, -0.1) is 10.2 Å². The highest BCUT2D eigenvalue weighted by molar-refractivity contribution is 7.15. The van der Waals surface area contributed by atoms with Crippen LogP contribution in [0.4, 0.5) is 5.13 Å². The molecule has 0 radical (unpaired) electrons. The number of pyridine rings is 1. The average molecular weight is 436 g/mol. The number of nitriles is 1. The maximum Gasteiger partial charge on any atom is 0.258 e. The van der Waals surface area contributed by atoms with Crippen LogP contribution in [0.5, 0.6) is 5.75 Å². The zero-order valence-corrected chi connectivity index (χ0v) is 17.3. The van der Waals surface area contributed by atoms with Gasteiger partial charge in [0.25, 0.3) is 5.91 Å². The van der Waals surface area contributed by atoms with Crippen molar-refractivity contribution in [2.75, 3.05) is 12.4 Å². The lowest BCUT2D eigenvalue weighted by Gasteiger charge is -2.13. The third kappa shape index (κ3) is 4.41. The van der Waals surface area contributed by atoms with E-state index in [2.05, 4.69) is 38.4 Å². The van der Waals surface area contributed by atoms with Crippen LogP contribution >= 0.6 is 22.9 Å².